The average molecular weight is 427 g/mol. The molecule has 0 aromatic heterocycles. The number of hydrogen-bond acceptors (Lipinski definition) is 3. The Balaban J connectivity index is 2.10. The van der Waals surface area contributed by atoms with Gasteiger partial charge in [0.05, 0.1) is 0 Å². The van der Waals surface area contributed by atoms with Crippen LogP contribution in [0.1, 0.15) is 50.8 Å². The highest BCUT2D eigenvalue weighted by Crippen LogP contribution is 2.21. The summed E-state index contributed by atoms with van der Waals surface area (Å²) in [6.07, 6.45) is 0.386. The Bertz CT molecular complexity index is 856. The Morgan fingerprint density at radius 1 is 1.03 bits per heavy atom. The van der Waals surface area contributed by atoms with Gasteiger partial charge in [0.1, 0.15) is 6.04 Å². The van der Waals surface area contributed by atoms with Gasteiger partial charge in [0, 0.05) is 29.2 Å². The van der Waals surface area contributed by atoms with Crippen LogP contribution >= 0.6 is 11.8 Å². The van der Waals surface area contributed by atoms with E-state index in [9.17, 15) is 9.59 Å². The van der Waals surface area contributed by atoms with Crippen LogP contribution in [-0.4, -0.2) is 34.0 Å². The summed E-state index contributed by atoms with van der Waals surface area (Å²) in [5.74, 6) is 0.546. The van der Waals surface area contributed by atoms with E-state index in [1.54, 1.807) is 16.7 Å². The molecule has 2 amide bonds. The summed E-state index contributed by atoms with van der Waals surface area (Å²) in [5.41, 5.74) is 3.06. The molecule has 4 nitrogen and oxygen atoms in total. The molecular weight excluding hydrogens is 392 g/mol. The first-order chi connectivity index (χ1) is 14.1. The summed E-state index contributed by atoms with van der Waals surface area (Å²) in [6.45, 7) is 12.2. The molecule has 1 atom stereocenters. The zero-order valence-electron chi connectivity index (χ0n) is 19.0. The normalized spacial score (nSPS) is 12.3. The SMILES string of the molecule is Cc1ccc(SCCC(=O)N(Cc2ccccc2C)C(C)C(=O)NC(C)(C)C)cc1. The van der Waals surface area contributed by atoms with E-state index >= 15 is 0 Å². The standard InChI is InChI=1S/C25H34N2O2S/c1-18-11-13-22(14-12-18)30-16-15-23(28)27(17-21-10-8-7-9-19(21)2)20(3)24(29)26-25(4,5)6/h7-14,20H,15-17H2,1-6H3,(H,26,29). The van der Waals surface area contributed by atoms with Crippen molar-refractivity contribution in [2.45, 2.75) is 71.0 Å². The maximum Gasteiger partial charge on any atom is 0.242 e. The van der Waals surface area contributed by atoms with Crippen molar-refractivity contribution in [3.05, 3.63) is 65.2 Å². The number of benzene rings is 2. The van der Waals surface area contributed by atoms with Gasteiger partial charge in [-0.15, -0.1) is 11.8 Å². The van der Waals surface area contributed by atoms with Crippen molar-refractivity contribution < 1.29 is 9.59 Å². The lowest BCUT2D eigenvalue weighted by molar-refractivity contribution is -0.140. The van der Waals surface area contributed by atoms with Gasteiger partial charge in [0.25, 0.3) is 0 Å². The van der Waals surface area contributed by atoms with E-state index in [-0.39, 0.29) is 17.4 Å². The molecule has 2 aromatic rings. The minimum absolute atomic E-state index is 0.00516. The molecule has 5 heteroatoms. The van der Waals surface area contributed by atoms with Crippen LogP contribution < -0.4 is 5.32 Å². The number of thioether (sulfide) groups is 1. The Labute approximate surface area is 185 Å². The zero-order chi connectivity index (χ0) is 22.3. The van der Waals surface area contributed by atoms with Gasteiger partial charge in [-0.2, -0.15) is 0 Å². The van der Waals surface area contributed by atoms with Gasteiger partial charge in [0.2, 0.25) is 11.8 Å². The first-order valence-electron chi connectivity index (χ1n) is 10.4. The molecule has 1 unspecified atom stereocenters. The van der Waals surface area contributed by atoms with Crippen LogP contribution in [0.3, 0.4) is 0 Å². The fourth-order valence-electron chi connectivity index (χ4n) is 3.06. The van der Waals surface area contributed by atoms with Gasteiger partial charge in [-0.25, -0.2) is 0 Å². The first-order valence-corrected chi connectivity index (χ1v) is 11.4. The monoisotopic (exact) mass is 426 g/mol. The average Bonchev–Trinajstić information content (AvgIpc) is 2.67. The summed E-state index contributed by atoms with van der Waals surface area (Å²) in [6, 6.07) is 15.8. The van der Waals surface area contributed by atoms with Crippen LogP contribution in [0.5, 0.6) is 0 Å². The summed E-state index contributed by atoms with van der Waals surface area (Å²) in [4.78, 5) is 28.8. The summed E-state index contributed by atoms with van der Waals surface area (Å²) < 4.78 is 0. The Hall–Kier alpha value is -2.27. The third-order valence-corrected chi connectivity index (χ3v) is 5.89. The summed E-state index contributed by atoms with van der Waals surface area (Å²) in [7, 11) is 0. The van der Waals surface area contributed by atoms with E-state index in [1.165, 1.54) is 5.56 Å². The van der Waals surface area contributed by atoms with E-state index in [0.717, 1.165) is 16.0 Å². The van der Waals surface area contributed by atoms with Gasteiger partial charge in [-0.3, -0.25) is 9.59 Å². The number of nitrogens with zero attached hydrogens (tertiary/aromatic N) is 1. The molecule has 0 aliphatic heterocycles. The number of nitrogens with one attached hydrogen (secondary N) is 1. The van der Waals surface area contributed by atoms with E-state index in [0.29, 0.717) is 18.7 Å². The second-order valence-electron chi connectivity index (χ2n) is 8.77. The minimum Gasteiger partial charge on any atom is -0.350 e. The van der Waals surface area contributed by atoms with Gasteiger partial charge in [-0.1, -0.05) is 42.0 Å². The molecular formula is C25H34N2O2S. The van der Waals surface area contributed by atoms with E-state index in [2.05, 4.69) is 36.5 Å². The number of amides is 2. The lowest BCUT2D eigenvalue weighted by Gasteiger charge is -2.32. The van der Waals surface area contributed by atoms with Crippen molar-refractivity contribution >= 4 is 23.6 Å². The van der Waals surface area contributed by atoms with Crippen molar-refractivity contribution in [1.82, 2.24) is 10.2 Å². The molecule has 0 radical (unpaired) electrons. The molecule has 0 saturated carbocycles. The number of aryl methyl sites for hydroxylation is 2. The van der Waals surface area contributed by atoms with E-state index < -0.39 is 6.04 Å². The third kappa shape index (κ3) is 7.52. The van der Waals surface area contributed by atoms with Gasteiger partial charge in [-0.05, 0) is 64.8 Å². The highest BCUT2D eigenvalue weighted by molar-refractivity contribution is 7.99. The van der Waals surface area contributed by atoms with Crippen LogP contribution in [0.15, 0.2) is 53.4 Å². The molecule has 0 spiro atoms. The van der Waals surface area contributed by atoms with E-state index in [1.807, 2.05) is 58.9 Å². The van der Waals surface area contributed by atoms with Crippen molar-refractivity contribution in [1.29, 1.82) is 0 Å². The Morgan fingerprint density at radius 2 is 1.67 bits per heavy atom. The highest BCUT2D eigenvalue weighted by Gasteiger charge is 2.28. The van der Waals surface area contributed by atoms with Crippen LogP contribution in [0.4, 0.5) is 0 Å². The topological polar surface area (TPSA) is 49.4 Å². The summed E-state index contributed by atoms with van der Waals surface area (Å²) in [5, 5.41) is 3.00. The molecule has 30 heavy (non-hydrogen) atoms. The van der Waals surface area contributed by atoms with Crippen molar-refractivity contribution in [2.24, 2.45) is 0 Å². The summed E-state index contributed by atoms with van der Waals surface area (Å²) >= 11 is 1.67. The molecule has 2 rings (SSSR count). The lowest BCUT2D eigenvalue weighted by Crippen LogP contribution is -2.52. The van der Waals surface area contributed by atoms with Crippen LogP contribution in [0, 0.1) is 13.8 Å². The second kappa shape index (κ2) is 10.7. The number of carbonyl (C=O) groups is 2. The third-order valence-electron chi connectivity index (χ3n) is 4.87. The largest absolute Gasteiger partial charge is 0.350 e. The van der Waals surface area contributed by atoms with Crippen molar-refractivity contribution in [3.8, 4) is 0 Å². The van der Waals surface area contributed by atoms with E-state index in [4.69, 9.17) is 0 Å². The van der Waals surface area contributed by atoms with Crippen molar-refractivity contribution in [3.63, 3.8) is 0 Å². The quantitative estimate of drug-likeness (QED) is 0.596. The van der Waals surface area contributed by atoms with Gasteiger partial charge < -0.3 is 10.2 Å². The highest BCUT2D eigenvalue weighted by atomic mass is 32.2. The second-order valence-corrected chi connectivity index (χ2v) is 9.94. The molecule has 0 heterocycles. The predicted molar refractivity (Wildman–Crippen MR) is 126 cm³/mol. The smallest absolute Gasteiger partial charge is 0.242 e. The molecule has 162 valence electrons. The molecule has 0 fully saturated rings. The van der Waals surface area contributed by atoms with Gasteiger partial charge >= 0.3 is 0 Å². The fraction of sp³-hybridized carbons (Fsp3) is 0.440. The number of carbonyl (C=O) groups excluding carboxylic acids is 2. The molecule has 1 N–H and O–H groups in total. The minimum atomic E-state index is -0.541. The van der Waals surface area contributed by atoms with Crippen molar-refractivity contribution in [2.75, 3.05) is 5.75 Å². The van der Waals surface area contributed by atoms with Crippen LogP contribution in [0.2, 0.25) is 0 Å². The molecule has 2 aromatic carbocycles. The van der Waals surface area contributed by atoms with Gasteiger partial charge in [0.15, 0.2) is 0 Å². The first kappa shape index (κ1) is 24.0. The fourth-order valence-corrected chi connectivity index (χ4v) is 3.90. The number of hydrogen-bond donors (Lipinski definition) is 1. The Kier molecular flexibility index (Phi) is 8.54. The van der Waals surface area contributed by atoms with Crippen LogP contribution in [-0.2, 0) is 16.1 Å². The molecule has 0 aliphatic carbocycles. The number of rotatable bonds is 8. The maximum atomic E-state index is 13.1. The molecule has 0 bridgehead atoms. The zero-order valence-corrected chi connectivity index (χ0v) is 19.8. The molecule has 0 aliphatic rings. The Morgan fingerprint density at radius 3 is 2.27 bits per heavy atom. The maximum absolute atomic E-state index is 13.1. The van der Waals surface area contributed by atoms with Crippen LogP contribution in [0.25, 0.3) is 0 Å². The predicted octanol–water partition coefficient (Wildman–Crippen LogP) is 5.12. The molecule has 0 saturated heterocycles. The lowest BCUT2D eigenvalue weighted by atomic mass is 10.1.